The second kappa shape index (κ2) is 8.68. The molecule has 1 aliphatic rings. The van der Waals surface area contributed by atoms with Gasteiger partial charge < -0.3 is 14.7 Å². The van der Waals surface area contributed by atoms with Crippen molar-refractivity contribution >= 4 is 11.9 Å². The molecule has 2 rings (SSSR count). The highest BCUT2D eigenvalue weighted by molar-refractivity contribution is 5.81. The minimum atomic E-state index is -0.787. The van der Waals surface area contributed by atoms with Gasteiger partial charge in [-0.15, -0.1) is 0 Å². The average molecular weight is 334 g/mol. The zero-order chi connectivity index (χ0) is 17.5. The minimum absolute atomic E-state index is 0.0209. The summed E-state index contributed by atoms with van der Waals surface area (Å²) in [5.41, 5.74) is 1.24. The maximum Gasteiger partial charge on any atom is 0.304 e. The lowest BCUT2D eigenvalue weighted by Gasteiger charge is -2.35. The smallest absolute Gasteiger partial charge is 0.304 e. The van der Waals surface area contributed by atoms with Gasteiger partial charge in [0.2, 0.25) is 0 Å². The van der Waals surface area contributed by atoms with Crippen LogP contribution in [-0.2, 0) is 16.0 Å². The Hall–Kier alpha value is -2.08. The number of hydrogen-bond acceptors (Lipinski definition) is 4. The highest BCUT2D eigenvalue weighted by atomic mass is 16.5. The summed E-state index contributed by atoms with van der Waals surface area (Å²) >= 11 is 0. The SMILES string of the molecule is CCc1ccc(OC(C)C(=O)N2CCN(CCC(=O)O)CC2)cc1. The van der Waals surface area contributed by atoms with Crippen molar-refractivity contribution in [1.82, 2.24) is 9.80 Å². The van der Waals surface area contributed by atoms with Crippen LogP contribution in [0.25, 0.3) is 0 Å². The van der Waals surface area contributed by atoms with E-state index in [4.69, 9.17) is 9.84 Å². The molecule has 1 fully saturated rings. The van der Waals surface area contributed by atoms with Crippen molar-refractivity contribution in [3.63, 3.8) is 0 Å². The first-order valence-corrected chi connectivity index (χ1v) is 8.48. The zero-order valence-corrected chi connectivity index (χ0v) is 14.4. The van der Waals surface area contributed by atoms with Crippen LogP contribution in [0.5, 0.6) is 5.75 Å². The van der Waals surface area contributed by atoms with Gasteiger partial charge >= 0.3 is 5.97 Å². The molecule has 0 aromatic heterocycles. The third-order valence-electron chi connectivity index (χ3n) is 4.32. The first kappa shape index (κ1) is 18.3. The van der Waals surface area contributed by atoms with Gasteiger partial charge in [-0.05, 0) is 31.0 Å². The molecule has 0 bridgehead atoms. The van der Waals surface area contributed by atoms with Crippen LogP contribution in [0, 0.1) is 0 Å². The number of carbonyl (C=O) groups excluding carboxylic acids is 1. The molecule has 1 unspecified atom stereocenters. The Balaban J connectivity index is 1.79. The van der Waals surface area contributed by atoms with E-state index < -0.39 is 12.1 Å². The molecule has 1 aromatic rings. The van der Waals surface area contributed by atoms with Gasteiger partial charge in [0.25, 0.3) is 5.91 Å². The Bertz CT molecular complexity index is 551. The lowest BCUT2D eigenvalue weighted by atomic mass is 10.2. The predicted molar refractivity (Wildman–Crippen MR) is 91.2 cm³/mol. The average Bonchev–Trinajstić information content (AvgIpc) is 2.60. The van der Waals surface area contributed by atoms with E-state index in [-0.39, 0.29) is 12.3 Å². The minimum Gasteiger partial charge on any atom is -0.481 e. The summed E-state index contributed by atoms with van der Waals surface area (Å²) in [6, 6.07) is 7.81. The largest absolute Gasteiger partial charge is 0.481 e. The van der Waals surface area contributed by atoms with E-state index in [2.05, 4.69) is 11.8 Å². The molecule has 1 aromatic carbocycles. The second-order valence-electron chi connectivity index (χ2n) is 6.07. The lowest BCUT2D eigenvalue weighted by molar-refractivity contribution is -0.141. The first-order chi connectivity index (χ1) is 11.5. The normalized spacial score (nSPS) is 16.7. The molecule has 6 heteroatoms. The molecule has 0 radical (unpaired) electrons. The molecule has 0 aliphatic carbocycles. The van der Waals surface area contributed by atoms with Crippen molar-refractivity contribution in [1.29, 1.82) is 0 Å². The number of carbonyl (C=O) groups is 2. The number of carboxylic acids is 1. The van der Waals surface area contributed by atoms with Gasteiger partial charge in [0.15, 0.2) is 6.10 Å². The van der Waals surface area contributed by atoms with E-state index in [0.29, 0.717) is 38.5 Å². The molecule has 6 nitrogen and oxygen atoms in total. The van der Waals surface area contributed by atoms with Gasteiger partial charge in [-0.3, -0.25) is 14.5 Å². The number of benzene rings is 1. The molecule has 1 amide bonds. The first-order valence-electron chi connectivity index (χ1n) is 8.48. The number of carboxylic acid groups (broad SMARTS) is 1. The fraction of sp³-hybridized carbons (Fsp3) is 0.556. The van der Waals surface area contributed by atoms with Crippen molar-refractivity contribution < 1.29 is 19.4 Å². The van der Waals surface area contributed by atoms with Crippen LogP contribution in [-0.4, -0.2) is 65.6 Å². The summed E-state index contributed by atoms with van der Waals surface area (Å²) in [6.07, 6.45) is 0.588. The van der Waals surface area contributed by atoms with Crippen LogP contribution in [0.2, 0.25) is 0 Å². The standard InChI is InChI=1S/C18H26N2O4/c1-3-15-4-6-16(7-5-15)24-14(2)18(23)20-12-10-19(11-13-20)9-8-17(21)22/h4-7,14H,3,8-13H2,1-2H3,(H,21,22). The number of aliphatic carboxylic acids is 1. The maximum absolute atomic E-state index is 12.5. The third kappa shape index (κ3) is 5.23. The fourth-order valence-corrected chi connectivity index (χ4v) is 2.76. The van der Waals surface area contributed by atoms with Crippen LogP contribution >= 0.6 is 0 Å². The monoisotopic (exact) mass is 334 g/mol. The van der Waals surface area contributed by atoms with Gasteiger partial charge in [-0.25, -0.2) is 0 Å². The van der Waals surface area contributed by atoms with Gasteiger partial charge in [0, 0.05) is 32.7 Å². The second-order valence-corrected chi connectivity index (χ2v) is 6.07. The number of piperazine rings is 1. The topological polar surface area (TPSA) is 70.1 Å². The molecule has 132 valence electrons. The molecule has 1 saturated heterocycles. The summed E-state index contributed by atoms with van der Waals surface area (Å²) in [5.74, 6) is -0.106. The molecule has 1 heterocycles. The van der Waals surface area contributed by atoms with E-state index in [9.17, 15) is 9.59 Å². The number of amides is 1. The Morgan fingerprint density at radius 3 is 2.33 bits per heavy atom. The summed E-state index contributed by atoms with van der Waals surface area (Å²) in [5, 5.41) is 8.72. The Morgan fingerprint density at radius 1 is 1.17 bits per heavy atom. The van der Waals surface area contributed by atoms with E-state index in [1.165, 1.54) is 5.56 Å². The van der Waals surface area contributed by atoms with Gasteiger partial charge in [0.1, 0.15) is 5.75 Å². The third-order valence-corrected chi connectivity index (χ3v) is 4.32. The molecule has 1 aliphatic heterocycles. The van der Waals surface area contributed by atoms with Crippen LogP contribution in [0.1, 0.15) is 25.8 Å². The summed E-state index contributed by atoms with van der Waals surface area (Å²) < 4.78 is 5.75. The van der Waals surface area contributed by atoms with Gasteiger partial charge in [0.05, 0.1) is 6.42 Å². The van der Waals surface area contributed by atoms with Crippen molar-refractivity contribution in [3.8, 4) is 5.75 Å². The highest BCUT2D eigenvalue weighted by Crippen LogP contribution is 2.15. The predicted octanol–water partition coefficient (Wildman–Crippen LogP) is 1.64. The molecule has 1 atom stereocenters. The molecule has 0 saturated carbocycles. The van der Waals surface area contributed by atoms with Gasteiger partial charge in [-0.2, -0.15) is 0 Å². The van der Waals surface area contributed by atoms with Crippen LogP contribution in [0.15, 0.2) is 24.3 Å². The van der Waals surface area contributed by atoms with Crippen LogP contribution < -0.4 is 4.74 Å². The molecular weight excluding hydrogens is 308 g/mol. The molecule has 1 N–H and O–H groups in total. The Morgan fingerprint density at radius 2 is 1.79 bits per heavy atom. The van der Waals surface area contributed by atoms with Crippen molar-refractivity contribution in [2.45, 2.75) is 32.8 Å². The van der Waals surface area contributed by atoms with Gasteiger partial charge in [-0.1, -0.05) is 19.1 Å². The molecule has 24 heavy (non-hydrogen) atoms. The van der Waals surface area contributed by atoms with E-state index in [1.54, 1.807) is 11.8 Å². The lowest BCUT2D eigenvalue weighted by Crippen LogP contribution is -2.52. The summed E-state index contributed by atoms with van der Waals surface area (Å²) in [7, 11) is 0. The van der Waals surface area contributed by atoms with E-state index >= 15 is 0 Å². The van der Waals surface area contributed by atoms with E-state index in [1.807, 2.05) is 24.3 Å². The van der Waals surface area contributed by atoms with Crippen molar-refractivity contribution in [3.05, 3.63) is 29.8 Å². The van der Waals surface area contributed by atoms with Crippen LogP contribution in [0.3, 0.4) is 0 Å². The molecule has 0 spiro atoms. The summed E-state index contributed by atoms with van der Waals surface area (Å²) in [6.45, 7) is 7.04. The zero-order valence-electron chi connectivity index (χ0n) is 14.4. The van der Waals surface area contributed by atoms with Crippen molar-refractivity contribution in [2.24, 2.45) is 0 Å². The number of rotatable bonds is 7. The Labute approximate surface area is 143 Å². The van der Waals surface area contributed by atoms with E-state index in [0.717, 1.165) is 6.42 Å². The number of hydrogen-bond donors (Lipinski definition) is 1. The fourth-order valence-electron chi connectivity index (χ4n) is 2.76. The van der Waals surface area contributed by atoms with Crippen molar-refractivity contribution in [2.75, 3.05) is 32.7 Å². The number of nitrogens with zero attached hydrogens (tertiary/aromatic N) is 2. The highest BCUT2D eigenvalue weighted by Gasteiger charge is 2.26. The van der Waals surface area contributed by atoms with Crippen LogP contribution in [0.4, 0.5) is 0 Å². The maximum atomic E-state index is 12.5. The number of aryl methyl sites for hydroxylation is 1. The molecular formula is C18H26N2O4. The quantitative estimate of drug-likeness (QED) is 0.821. The number of ether oxygens (including phenoxy) is 1. The Kier molecular flexibility index (Phi) is 6.61. The summed E-state index contributed by atoms with van der Waals surface area (Å²) in [4.78, 5) is 27.0.